The summed E-state index contributed by atoms with van der Waals surface area (Å²) in [4.78, 5) is 29.3. The molecule has 0 aromatic carbocycles. The predicted molar refractivity (Wildman–Crippen MR) is 217 cm³/mol. The van der Waals surface area contributed by atoms with Crippen LogP contribution < -0.4 is 0 Å². The summed E-state index contributed by atoms with van der Waals surface area (Å²) >= 11 is 0. The number of hydrogen-bond donors (Lipinski definition) is 2. The van der Waals surface area contributed by atoms with Crippen LogP contribution in [0.25, 0.3) is 46.4 Å². The molecule has 4 fully saturated rings. The molecule has 4 saturated heterocycles. The van der Waals surface area contributed by atoms with Crippen molar-refractivity contribution in [1.29, 1.82) is 0 Å². The third-order valence-corrected chi connectivity index (χ3v) is 13.4. The summed E-state index contributed by atoms with van der Waals surface area (Å²) in [5, 5.41) is 0. The van der Waals surface area contributed by atoms with Crippen LogP contribution in [0.5, 0.6) is 0 Å². The van der Waals surface area contributed by atoms with Gasteiger partial charge >= 0.3 is 0 Å². The smallest absolute Gasteiger partial charge is 0.0694 e. The number of nitrogens with zero attached hydrogens (tertiary/aromatic N) is 6. The Labute approximate surface area is 310 Å². The Bertz CT molecular complexity index is 1880. The van der Waals surface area contributed by atoms with E-state index in [1.165, 1.54) is 57.2 Å². The van der Waals surface area contributed by atoms with Gasteiger partial charge in [-0.05, 0) is 204 Å². The summed E-state index contributed by atoms with van der Waals surface area (Å²) in [6.45, 7) is 8.97. The Balaban J connectivity index is 1.34. The number of aromatic amines is 2. The first-order chi connectivity index (χ1) is 25.4. The number of fused-ring (bicyclic) bond motifs is 8. The topological polar surface area (TPSA) is 70.3 Å². The molecule has 274 valence electrons. The number of likely N-dealkylation sites (tertiary alicyclic amines) is 4. The maximum atomic E-state index is 5.61. The van der Waals surface area contributed by atoms with Crippen molar-refractivity contribution in [3.05, 3.63) is 69.3 Å². The first-order valence-electron chi connectivity index (χ1n) is 20.3. The van der Waals surface area contributed by atoms with Crippen LogP contribution in [0.2, 0.25) is 0 Å². The lowest BCUT2D eigenvalue weighted by Crippen LogP contribution is -2.30. The second-order valence-corrected chi connectivity index (χ2v) is 17.0. The molecule has 9 heterocycles. The van der Waals surface area contributed by atoms with E-state index in [4.69, 9.17) is 9.97 Å². The molecule has 0 aliphatic carbocycles. The molecule has 0 radical (unpaired) electrons. The minimum atomic E-state index is 0.444. The molecular weight excluding hydrogens is 641 g/mol. The van der Waals surface area contributed by atoms with Gasteiger partial charge in [-0.25, -0.2) is 9.97 Å². The van der Waals surface area contributed by atoms with E-state index in [-0.39, 0.29) is 0 Å². The number of H-pyrrole nitrogens is 2. The fourth-order valence-corrected chi connectivity index (χ4v) is 10.2. The Kier molecular flexibility index (Phi) is 9.44. The van der Waals surface area contributed by atoms with Crippen LogP contribution in [0, 0.1) is 0 Å². The van der Waals surface area contributed by atoms with Crippen molar-refractivity contribution < 1.29 is 0 Å². The van der Waals surface area contributed by atoms with Gasteiger partial charge in [-0.2, -0.15) is 0 Å². The van der Waals surface area contributed by atoms with E-state index in [9.17, 15) is 0 Å². The summed E-state index contributed by atoms with van der Waals surface area (Å²) in [6.07, 6.45) is 18.5. The molecular formula is C44H58N8. The van der Waals surface area contributed by atoms with E-state index < -0.39 is 0 Å². The fourth-order valence-electron chi connectivity index (χ4n) is 10.2. The lowest BCUT2D eigenvalue weighted by molar-refractivity contribution is 0.254. The summed E-state index contributed by atoms with van der Waals surface area (Å²) in [6, 6.07) is 9.50. The fraction of sp³-hybridized carbons (Fsp3) is 0.545. The van der Waals surface area contributed by atoms with Crippen molar-refractivity contribution in [2.24, 2.45) is 0 Å². The summed E-state index contributed by atoms with van der Waals surface area (Å²) in [7, 11) is 9.05. The first-order valence-corrected chi connectivity index (χ1v) is 20.3. The minimum Gasteiger partial charge on any atom is -0.355 e. The molecule has 8 bridgehead atoms. The Hall–Kier alpha value is -3.56. The largest absolute Gasteiger partial charge is 0.355 e. The molecule has 8 nitrogen and oxygen atoms in total. The second-order valence-electron chi connectivity index (χ2n) is 17.0. The van der Waals surface area contributed by atoms with E-state index in [0.29, 0.717) is 23.7 Å². The number of aromatic nitrogens is 4. The lowest BCUT2D eigenvalue weighted by Gasteiger charge is -2.30. The van der Waals surface area contributed by atoms with Crippen LogP contribution in [0.1, 0.15) is 120 Å². The quantitative estimate of drug-likeness (QED) is 0.199. The van der Waals surface area contributed by atoms with Gasteiger partial charge in [-0.15, -0.1) is 0 Å². The van der Waals surface area contributed by atoms with Crippen LogP contribution in [-0.2, 0) is 0 Å². The third-order valence-electron chi connectivity index (χ3n) is 13.4. The third kappa shape index (κ3) is 6.61. The average Bonchev–Trinajstić information content (AvgIpc) is 3.99. The van der Waals surface area contributed by atoms with E-state index in [1.807, 2.05) is 0 Å². The van der Waals surface area contributed by atoms with Crippen LogP contribution in [-0.4, -0.2) is 120 Å². The normalized spacial score (nSPS) is 22.5. The minimum absolute atomic E-state index is 0.444. The molecule has 0 unspecified atom stereocenters. The monoisotopic (exact) mass is 698 g/mol. The molecule has 52 heavy (non-hydrogen) atoms. The molecule has 2 N–H and O–H groups in total. The zero-order chi connectivity index (χ0) is 35.3. The summed E-state index contributed by atoms with van der Waals surface area (Å²) < 4.78 is 0. The Morgan fingerprint density at radius 1 is 0.385 bits per heavy atom. The van der Waals surface area contributed by atoms with Crippen LogP contribution in [0.15, 0.2) is 24.3 Å². The van der Waals surface area contributed by atoms with Gasteiger partial charge in [-0.1, -0.05) is 0 Å². The first kappa shape index (κ1) is 34.2. The van der Waals surface area contributed by atoms with Crippen LogP contribution in [0.3, 0.4) is 0 Å². The molecule has 3 aromatic rings. The molecule has 3 aromatic heterocycles. The van der Waals surface area contributed by atoms with Gasteiger partial charge in [0.15, 0.2) is 0 Å². The molecule has 6 aliphatic heterocycles. The zero-order valence-electron chi connectivity index (χ0n) is 31.9. The maximum absolute atomic E-state index is 5.61. The number of piperidine rings is 4. The highest BCUT2D eigenvalue weighted by molar-refractivity contribution is 5.84. The van der Waals surface area contributed by atoms with E-state index in [1.54, 1.807) is 0 Å². The molecule has 0 amide bonds. The van der Waals surface area contributed by atoms with Gasteiger partial charge in [0.25, 0.3) is 0 Å². The summed E-state index contributed by atoms with van der Waals surface area (Å²) in [5.74, 6) is 1.87. The Morgan fingerprint density at radius 2 is 0.635 bits per heavy atom. The lowest BCUT2D eigenvalue weighted by atomic mass is 9.87. The highest BCUT2D eigenvalue weighted by Gasteiger charge is 2.30. The van der Waals surface area contributed by atoms with Crippen LogP contribution in [0.4, 0.5) is 0 Å². The molecule has 9 rings (SSSR count). The number of hydrogen-bond acceptors (Lipinski definition) is 6. The van der Waals surface area contributed by atoms with Crippen molar-refractivity contribution in [2.45, 2.75) is 75.0 Å². The van der Waals surface area contributed by atoms with Crippen molar-refractivity contribution >= 4 is 46.4 Å². The SMILES string of the molecule is CN1CCC(c2c3nc(c(C4CCN(C)CC4)c4ccc([nH]4)c(C4CCN(C)CC4)c4ccc([nH]4)c(C4CCN(C)CC4)c4nc2C=C4)C=C3)CC1. The molecule has 6 aliphatic rings. The van der Waals surface area contributed by atoms with Crippen molar-refractivity contribution in [1.82, 2.24) is 39.5 Å². The van der Waals surface area contributed by atoms with Gasteiger partial charge in [0.1, 0.15) is 0 Å². The number of rotatable bonds is 4. The van der Waals surface area contributed by atoms with Crippen molar-refractivity contribution in [3.63, 3.8) is 0 Å². The van der Waals surface area contributed by atoms with Crippen LogP contribution >= 0.6 is 0 Å². The van der Waals surface area contributed by atoms with Gasteiger partial charge in [0.2, 0.25) is 0 Å². The van der Waals surface area contributed by atoms with Crippen molar-refractivity contribution in [2.75, 3.05) is 80.5 Å². The van der Waals surface area contributed by atoms with Crippen molar-refractivity contribution in [3.8, 4) is 0 Å². The predicted octanol–water partition coefficient (Wildman–Crippen LogP) is 7.89. The molecule has 0 atom stereocenters. The summed E-state index contributed by atoms with van der Waals surface area (Å²) in [5.41, 5.74) is 15.1. The highest BCUT2D eigenvalue weighted by Crippen LogP contribution is 2.41. The average molecular weight is 699 g/mol. The van der Waals surface area contributed by atoms with Gasteiger partial charge in [0.05, 0.1) is 22.8 Å². The van der Waals surface area contributed by atoms with E-state index in [0.717, 1.165) is 114 Å². The van der Waals surface area contributed by atoms with E-state index in [2.05, 4.69) is 106 Å². The van der Waals surface area contributed by atoms with Gasteiger partial charge in [-0.3, -0.25) is 0 Å². The Morgan fingerprint density at radius 3 is 0.962 bits per heavy atom. The van der Waals surface area contributed by atoms with E-state index >= 15 is 0 Å². The standard InChI is InChI=1S/C44H58N8/c1-49-21-13-29(14-22-49)41-33-5-7-35(45-33)42(30-15-23-50(2)24-16-30)37-9-11-39(47-37)44(32-19-27-52(4)28-20-32)40-12-10-38(48-40)43(36-8-6-34(41)46-36)31-17-25-51(3)26-18-31/h5-12,29-32,45-46H,13-28H2,1-4H3. The molecule has 8 heteroatoms. The molecule has 0 spiro atoms. The maximum Gasteiger partial charge on any atom is 0.0694 e. The zero-order valence-corrected chi connectivity index (χ0v) is 31.9. The molecule has 0 saturated carbocycles. The highest BCUT2D eigenvalue weighted by atomic mass is 15.1. The second kappa shape index (κ2) is 14.3. The van der Waals surface area contributed by atoms with Gasteiger partial charge < -0.3 is 29.6 Å². The van der Waals surface area contributed by atoms with Gasteiger partial charge in [0, 0.05) is 44.3 Å². The number of nitrogens with one attached hydrogen (secondary N) is 2.